The third-order valence-corrected chi connectivity index (χ3v) is 3.68. The summed E-state index contributed by atoms with van der Waals surface area (Å²) >= 11 is 0. The molecule has 0 aliphatic heterocycles. The van der Waals surface area contributed by atoms with Crippen LogP contribution in [0.25, 0.3) is 0 Å². The molecule has 19 heavy (non-hydrogen) atoms. The molecule has 1 heterocycles. The van der Waals surface area contributed by atoms with E-state index in [0.717, 1.165) is 25.7 Å². The zero-order chi connectivity index (χ0) is 13.7. The van der Waals surface area contributed by atoms with Crippen molar-refractivity contribution in [1.82, 2.24) is 5.32 Å². The Morgan fingerprint density at radius 1 is 1.37 bits per heavy atom. The van der Waals surface area contributed by atoms with Crippen molar-refractivity contribution in [3.63, 3.8) is 0 Å². The number of carbonyl (C=O) groups is 2. The van der Waals surface area contributed by atoms with Crippen molar-refractivity contribution >= 4 is 11.9 Å². The predicted molar refractivity (Wildman–Crippen MR) is 68.8 cm³/mol. The van der Waals surface area contributed by atoms with Gasteiger partial charge in [-0.2, -0.15) is 0 Å². The van der Waals surface area contributed by atoms with E-state index in [1.54, 1.807) is 0 Å². The Bertz CT molecular complexity index is 421. The van der Waals surface area contributed by atoms with Gasteiger partial charge in [0.2, 0.25) is 0 Å². The van der Waals surface area contributed by atoms with Gasteiger partial charge in [-0.05, 0) is 18.4 Å². The summed E-state index contributed by atoms with van der Waals surface area (Å²) in [5, 5.41) is 11.8. The van der Waals surface area contributed by atoms with Crippen molar-refractivity contribution < 1.29 is 19.1 Å². The first-order valence-electron chi connectivity index (χ1n) is 6.72. The van der Waals surface area contributed by atoms with E-state index < -0.39 is 17.9 Å². The minimum atomic E-state index is -0.970. The number of carboxylic acid groups (broad SMARTS) is 1. The van der Waals surface area contributed by atoms with Gasteiger partial charge in [-0.1, -0.05) is 32.1 Å². The second-order valence-corrected chi connectivity index (χ2v) is 5.12. The highest BCUT2D eigenvalue weighted by molar-refractivity contribution is 5.96. The summed E-state index contributed by atoms with van der Waals surface area (Å²) in [5.74, 6) is -0.959. The maximum absolute atomic E-state index is 11.8. The number of amides is 1. The SMILES string of the molecule is O=C(N[C@H](CC1CCCCC1)C(=O)O)c1ccoc1. The lowest BCUT2D eigenvalue weighted by molar-refractivity contribution is -0.139. The van der Waals surface area contributed by atoms with Gasteiger partial charge in [-0.15, -0.1) is 0 Å². The molecule has 1 aliphatic rings. The van der Waals surface area contributed by atoms with Gasteiger partial charge in [0.25, 0.3) is 5.91 Å². The molecular formula is C14H19NO4. The van der Waals surface area contributed by atoms with Gasteiger partial charge in [0.05, 0.1) is 11.8 Å². The molecule has 1 fully saturated rings. The fourth-order valence-electron chi connectivity index (χ4n) is 2.61. The third kappa shape index (κ3) is 3.84. The van der Waals surface area contributed by atoms with Crippen molar-refractivity contribution in [2.45, 2.75) is 44.6 Å². The number of hydrogen-bond donors (Lipinski definition) is 2. The highest BCUT2D eigenvalue weighted by Gasteiger charge is 2.25. The van der Waals surface area contributed by atoms with Gasteiger partial charge in [0.15, 0.2) is 0 Å². The summed E-state index contributed by atoms with van der Waals surface area (Å²) in [7, 11) is 0. The van der Waals surface area contributed by atoms with Gasteiger partial charge in [0.1, 0.15) is 12.3 Å². The maximum Gasteiger partial charge on any atom is 0.326 e. The summed E-state index contributed by atoms with van der Waals surface area (Å²) in [6, 6.07) is 0.708. The van der Waals surface area contributed by atoms with Crippen LogP contribution in [0.4, 0.5) is 0 Å². The summed E-state index contributed by atoms with van der Waals surface area (Å²) in [4.78, 5) is 23.1. The molecule has 1 aliphatic carbocycles. The predicted octanol–water partition coefficient (Wildman–Crippen LogP) is 2.43. The molecule has 5 heteroatoms. The van der Waals surface area contributed by atoms with Crippen LogP contribution in [0.2, 0.25) is 0 Å². The highest BCUT2D eigenvalue weighted by atomic mass is 16.4. The molecule has 1 amide bonds. The molecular weight excluding hydrogens is 246 g/mol. The Labute approximate surface area is 112 Å². The van der Waals surface area contributed by atoms with Crippen LogP contribution in [-0.2, 0) is 4.79 Å². The van der Waals surface area contributed by atoms with E-state index >= 15 is 0 Å². The van der Waals surface area contributed by atoms with Crippen molar-refractivity contribution in [3.8, 4) is 0 Å². The number of carboxylic acids is 1. The average molecular weight is 265 g/mol. The van der Waals surface area contributed by atoms with E-state index in [2.05, 4.69) is 5.32 Å². The molecule has 5 nitrogen and oxygen atoms in total. The first-order valence-corrected chi connectivity index (χ1v) is 6.72. The zero-order valence-electron chi connectivity index (χ0n) is 10.8. The molecule has 0 bridgehead atoms. The number of hydrogen-bond acceptors (Lipinski definition) is 3. The van der Waals surface area contributed by atoms with E-state index in [4.69, 9.17) is 4.42 Å². The van der Waals surface area contributed by atoms with Crippen LogP contribution >= 0.6 is 0 Å². The van der Waals surface area contributed by atoms with Crippen LogP contribution in [-0.4, -0.2) is 23.0 Å². The van der Waals surface area contributed by atoms with E-state index in [9.17, 15) is 14.7 Å². The van der Waals surface area contributed by atoms with Crippen LogP contribution < -0.4 is 5.32 Å². The van der Waals surface area contributed by atoms with Crippen LogP contribution in [0.3, 0.4) is 0 Å². The Hall–Kier alpha value is -1.78. The molecule has 1 atom stereocenters. The Morgan fingerprint density at radius 3 is 2.68 bits per heavy atom. The molecule has 104 valence electrons. The number of furan rings is 1. The number of nitrogens with one attached hydrogen (secondary N) is 1. The molecule has 0 saturated heterocycles. The lowest BCUT2D eigenvalue weighted by Crippen LogP contribution is -2.42. The first-order chi connectivity index (χ1) is 9.16. The van der Waals surface area contributed by atoms with Gasteiger partial charge < -0.3 is 14.8 Å². The van der Waals surface area contributed by atoms with Gasteiger partial charge in [-0.3, -0.25) is 4.79 Å². The third-order valence-electron chi connectivity index (χ3n) is 3.68. The van der Waals surface area contributed by atoms with Crippen LogP contribution in [0.15, 0.2) is 23.0 Å². The molecule has 2 N–H and O–H groups in total. The largest absolute Gasteiger partial charge is 0.480 e. The van der Waals surface area contributed by atoms with E-state index in [1.165, 1.54) is 25.0 Å². The molecule has 1 aromatic heterocycles. The second-order valence-electron chi connectivity index (χ2n) is 5.12. The molecule has 2 rings (SSSR count). The Balaban J connectivity index is 1.92. The molecule has 1 aromatic rings. The normalized spacial score (nSPS) is 17.9. The lowest BCUT2D eigenvalue weighted by atomic mass is 9.85. The Morgan fingerprint density at radius 2 is 2.11 bits per heavy atom. The topological polar surface area (TPSA) is 79.5 Å². The molecule has 0 unspecified atom stereocenters. The smallest absolute Gasteiger partial charge is 0.326 e. The van der Waals surface area contributed by atoms with Gasteiger partial charge >= 0.3 is 5.97 Å². The fraction of sp³-hybridized carbons (Fsp3) is 0.571. The highest BCUT2D eigenvalue weighted by Crippen LogP contribution is 2.27. The minimum absolute atomic E-state index is 0.356. The van der Waals surface area contributed by atoms with E-state index in [0.29, 0.717) is 17.9 Å². The van der Waals surface area contributed by atoms with Gasteiger partial charge in [-0.25, -0.2) is 4.79 Å². The summed E-state index contributed by atoms with van der Waals surface area (Å²) < 4.78 is 4.82. The lowest BCUT2D eigenvalue weighted by Gasteiger charge is -2.24. The van der Waals surface area contributed by atoms with Crippen molar-refractivity contribution in [2.24, 2.45) is 5.92 Å². The summed E-state index contributed by atoms with van der Waals surface area (Å²) in [6.07, 6.45) is 8.89. The standard InChI is InChI=1S/C14H19NO4/c16-13(11-6-7-19-9-11)15-12(14(17)18)8-10-4-2-1-3-5-10/h6-7,9-10,12H,1-5,8H2,(H,15,16)(H,17,18)/t12-/m1/s1. The zero-order valence-corrected chi connectivity index (χ0v) is 10.8. The number of carbonyl (C=O) groups excluding carboxylic acids is 1. The first kappa shape index (κ1) is 13.6. The van der Waals surface area contributed by atoms with E-state index in [1.807, 2.05) is 0 Å². The molecule has 0 aromatic carbocycles. The van der Waals surface area contributed by atoms with Crippen LogP contribution in [0.5, 0.6) is 0 Å². The number of aliphatic carboxylic acids is 1. The molecule has 1 saturated carbocycles. The molecule has 0 radical (unpaired) electrons. The van der Waals surface area contributed by atoms with Crippen LogP contribution in [0, 0.1) is 5.92 Å². The Kier molecular flexibility index (Phi) is 4.60. The van der Waals surface area contributed by atoms with Crippen molar-refractivity contribution in [1.29, 1.82) is 0 Å². The molecule has 0 spiro atoms. The summed E-state index contributed by atoms with van der Waals surface area (Å²) in [5.41, 5.74) is 0.356. The average Bonchev–Trinajstić information content (AvgIpc) is 2.93. The minimum Gasteiger partial charge on any atom is -0.480 e. The number of rotatable bonds is 5. The van der Waals surface area contributed by atoms with E-state index in [-0.39, 0.29) is 0 Å². The van der Waals surface area contributed by atoms with Crippen molar-refractivity contribution in [2.75, 3.05) is 0 Å². The summed E-state index contributed by atoms with van der Waals surface area (Å²) in [6.45, 7) is 0. The van der Waals surface area contributed by atoms with Gasteiger partial charge in [0, 0.05) is 0 Å². The fourth-order valence-corrected chi connectivity index (χ4v) is 2.61. The van der Waals surface area contributed by atoms with Crippen LogP contribution in [0.1, 0.15) is 48.9 Å². The second kappa shape index (κ2) is 6.41. The maximum atomic E-state index is 11.8. The van der Waals surface area contributed by atoms with Crippen molar-refractivity contribution in [3.05, 3.63) is 24.2 Å². The monoisotopic (exact) mass is 265 g/mol. The quantitative estimate of drug-likeness (QED) is 0.857.